The minimum absolute atomic E-state index is 0.140. The minimum Gasteiger partial charge on any atom is -0.465 e. The molecule has 1 aromatic rings. The van der Waals surface area contributed by atoms with E-state index in [4.69, 9.17) is 13.9 Å². The van der Waals surface area contributed by atoms with E-state index in [0.717, 1.165) is 57.1 Å². The Hall–Kier alpha value is -0.880. The largest absolute Gasteiger partial charge is 0.465 e. The van der Waals surface area contributed by atoms with E-state index in [-0.39, 0.29) is 5.60 Å². The van der Waals surface area contributed by atoms with Gasteiger partial charge in [0, 0.05) is 19.6 Å². The van der Waals surface area contributed by atoms with Crippen molar-refractivity contribution >= 4 is 0 Å². The molecule has 2 atom stereocenters. The summed E-state index contributed by atoms with van der Waals surface area (Å²) >= 11 is 0. The molecule has 3 heterocycles. The van der Waals surface area contributed by atoms with E-state index in [1.54, 1.807) is 0 Å². The molecule has 2 fully saturated rings. The molecule has 0 saturated carbocycles. The van der Waals surface area contributed by atoms with E-state index in [9.17, 15) is 0 Å². The van der Waals surface area contributed by atoms with Gasteiger partial charge in [0.1, 0.15) is 17.1 Å². The second kappa shape index (κ2) is 6.71. The van der Waals surface area contributed by atoms with E-state index in [0.29, 0.717) is 12.7 Å². The molecule has 124 valence electrons. The first-order chi connectivity index (χ1) is 10.5. The van der Waals surface area contributed by atoms with Crippen LogP contribution in [0.15, 0.2) is 16.5 Å². The molecule has 2 aliphatic rings. The van der Waals surface area contributed by atoms with Crippen molar-refractivity contribution in [3.05, 3.63) is 23.7 Å². The molecule has 2 saturated heterocycles. The third-order valence-corrected chi connectivity index (χ3v) is 4.51. The summed E-state index contributed by atoms with van der Waals surface area (Å²) in [5.74, 6) is 2.00. The molecule has 22 heavy (non-hydrogen) atoms. The maximum Gasteiger partial charge on any atom is 0.118 e. The molecule has 0 N–H and O–H groups in total. The highest BCUT2D eigenvalue weighted by Crippen LogP contribution is 2.33. The Labute approximate surface area is 133 Å². The maximum atomic E-state index is 6.41. The highest BCUT2D eigenvalue weighted by molar-refractivity contribution is 5.06. The Kier molecular flexibility index (Phi) is 4.88. The van der Waals surface area contributed by atoms with Gasteiger partial charge in [-0.3, -0.25) is 4.90 Å². The number of rotatable bonds is 4. The first-order valence-electron chi connectivity index (χ1n) is 8.23. The van der Waals surface area contributed by atoms with Crippen LogP contribution in [0.4, 0.5) is 0 Å². The molecule has 0 unspecified atom stereocenters. The zero-order chi connectivity index (χ0) is 15.6. The lowest BCUT2D eigenvalue weighted by Crippen LogP contribution is -2.44. The van der Waals surface area contributed by atoms with Crippen molar-refractivity contribution in [1.82, 2.24) is 9.80 Å². The topological polar surface area (TPSA) is 38.1 Å². The van der Waals surface area contributed by atoms with Crippen molar-refractivity contribution in [2.24, 2.45) is 0 Å². The molecular formula is C17H28N2O3. The number of hydrogen-bond acceptors (Lipinski definition) is 5. The Bertz CT molecular complexity index is 488. The SMILES string of the molecule is Cc1ccc(CN2CCOC[C@]3(CC[C@@H](CN(C)C)O3)C2)o1. The van der Waals surface area contributed by atoms with Gasteiger partial charge in [0.15, 0.2) is 0 Å². The zero-order valence-electron chi connectivity index (χ0n) is 14.0. The van der Waals surface area contributed by atoms with Crippen molar-refractivity contribution in [2.45, 2.75) is 38.0 Å². The van der Waals surface area contributed by atoms with Gasteiger partial charge in [0.25, 0.3) is 0 Å². The predicted octanol–water partition coefficient (Wildman–Crippen LogP) is 1.90. The van der Waals surface area contributed by atoms with E-state index in [1.165, 1.54) is 0 Å². The first-order valence-corrected chi connectivity index (χ1v) is 8.23. The zero-order valence-corrected chi connectivity index (χ0v) is 14.0. The average molecular weight is 308 g/mol. The van der Waals surface area contributed by atoms with Gasteiger partial charge in [-0.2, -0.15) is 0 Å². The van der Waals surface area contributed by atoms with Gasteiger partial charge in [-0.15, -0.1) is 0 Å². The second-order valence-corrected chi connectivity index (χ2v) is 7.00. The fourth-order valence-corrected chi connectivity index (χ4v) is 3.56. The molecule has 0 amide bonds. The quantitative estimate of drug-likeness (QED) is 0.849. The maximum absolute atomic E-state index is 6.41. The Morgan fingerprint density at radius 1 is 1.36 bits per heavy atom. The van der Waals surface area contributed by atoms with Crippen LogP contribution in [0, 0.1) is 6.92 Å². The molecule has 0 aromatic carbocycles. The molecule has 5 nitrogen and oxygen atoms in total. The van der Waals surface area contributed by atoms with Crippen LogP contribution in [0.1, 0.15) is 24.4 Å². The molecule has 5 heteroatoms. The van der Waals surface area contributed by atoms with Crippen LogP contribution in [0.25, 0.3) is 0 Å². The summed E-state index contributed by atoms with van der Waals surface area (Å²) < 4.78 is 18.0. The van der Waals surface area contributed by atoms with E-state index in [1.807, 2.05) is 13.0 Å². The third kappa shape index (κ3) is 3.90. The fourth-order valence-electron chi connectivity index (χ4n) is 3.56. The van der Waals surface area contributed by atoms with Crippen molar-refractivity contribution < 1.29 is 13.9 Å². The number of furan rings is 1. The molecule has 0 bridgehead atoms. The lowest BCUT2D eigenvalue weighted by molar-refractivity contribution is -0.0904. The number of aryl methyl sites for hydroxylation is 1. The van der Waals surface area contributed by atoms with Crippen molar-refractivity contribution in [2.75, 3.05) is 46.9 Å². The molecular weight excluding hydrogens is 280 g/mol. The molecule has 0 radical (unpaired) electrons. The monoisotopic (exact) mass is 308 g/mol. The van der Waals surface area contributed by atoms with Crippen LogP contribution in [0.3, 0.4) is 0 Å². The average Bonchev–Trinajstić information content (AvgIpc) is 2.95. The summed E-state index contributed by atoms with van der Waals surface area (Å²) in [6.07, 6.45) is 2.53. The van der Waals surface area contributed by atoms with E-state index >= 15 is 0 Å². The van der Waals surface area contributed by atoms with Crippen LogP contribution in [0.2, 0.25) is 0 Å². The normalized spacial score (nSPS) is 30.3. The lowest BCUT2D eigenvalue weighted by Gasteiger charge is -2.32. The van der Waals surface area contributed by atoms with Crippen LogP contribution in [-0.4, -0.2) is 68.4 Å². The molecule has 2 aliphatic heterocycles. The minimum atomic E-state index is -0.140. The number of nitrogens with zero attached hydrogens (tertiary/aromatic N) is 2. The van der Waals surface area contributed by atoms with Crippen LogP contribution < -0.4 is 0 Å². The van der Waals surface area contributed by atoms with Crippen LogP contribution in [-0.2, 0) is 16.0 Å². The van der Waals surface area contributed by atoms with Crippen LogP contribution >= 0.6 is 0 Å². The van der Waals surface area contributed by atoms with Gasteiger partial charge in [0.2, 0.25) is 0 Å². The summed E-state index contributed by atoms with van der Waals surface area (Å²) in [6.45, 7) is 7.15. The van der Waals surface area contributed by atoms with Crippen molar-refractivity contribution in [3.63, 3.8) is 0 Å². The number of ether oxygens (including phenoxy) is 2. The van der Waals surface area contributed by atoms with Crippen LogP contribution in [0.5, 0.6) is 0 Å². The number of hydrogen-bond donors (Lipinski definition) is 0. The summed E-state index contributed by atoms with van der Waals surface area (Å²) in [7, 11) is 4.20. The Morgan fingerprint density at radius 3 is 2.95 bits per heavy atom. The molecule has 0 aliphatic carbocycles. The Balaban J connectivity index is 1.62. The highest BCUT2D eigenvalue weighted by Gasteiger charge is 2.43. The first kappa shape index (κ1) is 16.0. The molecule has 1 spiro atoms. The smallest absolute Gasteiger partial charge is 0.118 e. The van der Waals surface area contributed by atoms with Gasteiger partial charge in [-0.1, -0.05) is 0 Å². The van der Waals surface area contributed by atoms with Gasteiger partial charge in [-0.05, 0) is 46.0 Å². The standard InChI is InChI=1S/C17H28N2O3/c1-14-4-5-15(21-14)11-19-8-9-20-13-17(12-19)7-6-16(22-17)10-18(2)3/h4-5,16H,6-13H2,1-3H3/t16-,17-/m0/s1. The predicted molar refractivity (Wildman–Crippen MR) is 84.9 cm³/mol. The van der Waals surface area contributed by atoms with E-state index < -0.39 is 0 Å². The molecule has 1 aromatic heterocycles. The van der Waals surface area contributed by atoms with Gasteiger partial charge >= 0.3 is 0 Å². The number of likely N-dealkylation sites (N-methyl/N-ethyl adjacent to an activating group) is 1. The van der Waals surface area contributed by atoms with E-state index in [2.05, 4.69) is 30.0 Å². The van der Waals surface area contributed by atoms with Crippen molar-refractivity contribution in [1.29, 1.82) is 0 Å². The third-order valence-electron chi connectivity index (χ3n) is 4.51. The summed E-state index contributed by atoms with van der Waals surface area (Å²) in [5, 5.41) is 0. The summed E-state index contributed by atoms with van der Waals surface area (Å²) in [4.78, 5) is 4.61. The van der Waals surface area contributed by atoms with Gasteiger partial charge in [0.05, 0.1) is 25.9 Å². The van der Waals surface area contributed by atoms with Gasteiger partial charge < -0.3 is 18.8 Å². The Morgan fingerprint density at radius 2 is 2.23 bits per heavy atom. The fraction of sp³-hybridized carbons (Fsp3) is 0.765. The molecule has 3 rings (SSSR count). The van der Waals surface area contributed by atoms with Crippen molar-refractivity contribution in [3.8, 4) is 0 Å². The second-order valence-electron chi connectivity index (χ2n) is 7.00. The highest BCUT2D eigenvalue weighted by atomic mass is 16.6. The van der Waals surface area contributed by atoms with Gasteiger partial charge in [-0.25, -0.2) is 0 Å². The summed E-state index contributed by atoms with van der Waals surface area (Å²) in [6, 6.07) is 4.09. The summed E-state index contributed by atoms with van der Waals surface area (Å²) in [5.41, 5.74) is -0.140. The lowest BCUT2D eigenvalue weighted by atomic mass is 10.00.